The van der Waals surface area contributed by atoms with Gasteiger partial charge in [0.05, 0.1) is 17.7 Å². The zero-order valence-electron chi connectivity index (χ0n) is 20.1. The van der Waals surface area contributed by atoms with Gasteiger partial charge in [0.2, 0.25) is 0 Å². The van der Waals surface area contributed by atoms with Crippen LogP contribution in [0.1, 0.15) is 60.1 Å². The zero-order chi connectivity index (χ0) is 24.4. The topological polar surface area (TPSA) is 118 Å². The molecule has 4 heterocycles. The summed E-state index contributed by atoms with van der Waals surface area (Å²) in [6.07, 6.45) is 0.870. The van der Waals surface area contributed by atoms with Crippen molar-refractivity contribution >= 4 is 29.0 Å². The summed E-state index contributed by atoms with van der Waals surface area (Å²) in [7, 11) is 1.34. The number of methoxy groups -OCH3 is 1. The van der Waals surface area contributed by atoms with E-state index in [1.807, 2.05) is 10.6 Å². The van der Waals surface area contributed by atoms with Crippen LogP contribution < -0.4 is 0 Å². The lowest BCUT2D eigenvalue weighted by atomic mass is 10.1. The van der Waals surface area contributed by atoms with Crippen molar-refractivity contribution in [2.24, 2.45) is 0 Å². The molecule has 0 aliphatic carbocycles. The number of rotatable bonds is 5. The van der Waals surface area contributed by atoms with Gasteiger partial charge in [-0.1, -0.05) is 50.7 Å². The Bertz CT molecular complexity index is 1430. The van der Waals surface area contributed by atoms with Crippen LogP contribution in [0.3, 0.4) is 0 Å². The number of nitrogens with one attached hydrogen (secondary N) is 2. The molecule has 0 spiro atoms. The average Bonchev–Trinajstić information content (AvgIpc) is 3.57. The Morgan fingerprint density at radius 2 is 1.74 bits per heavy atom. The molecule has 0 unspecified atom stereocenters. The minimum atomic E-state index is -0.402. The van der Waals surface area contributed by atoms with Crippen LogP contribution in [0.25, 0.3) is 11.3 Å². The Labute approximate surface area is 201 Å². The molecule has 178 valence electrons. The van der Waals surface area contributed by atoms with Gasteiger partial charge in [-0.15, -0.1) is 20.4 Å². The summed E-state index contributed by atoms with van der Waals surface area (Å²) in [6.45, 7) is 10.1. The Kier molecular flexibility index (Phi) is 6.73. The normalized spacial score (nSPS) is 11.3. The van der Waals surface area contributed by atoms with E-state index in [1.165, 1.54) is 22.6 Å². The van der Waals surface area contributed by atoms with Crippen LogP contribution in [-0.2, 0) is 11.2 Å². The molecule has 11 heteroatoms. The summed E-state index contributed by atoms with van der Waals surface area (Å²) in [4.78, 5) is 13.8. The van der Waals surface area contributed by atoms with Crippen LogP contribution in [0.15, 0.2) is 40.1 Å². The van der Waals surface area contributed by atoms with Gasteiger partial charge in [-0.25, -0.2) is 13.8 Å². The number of H-pyrrole nitrogens is 2. The summed E-state index contributed by atoms with van der Waals surface area (Å²) >= 11 is 1.75. The predicted molar refractivity (Wildman–Crippen MR) is 130 cm³/mol. The van der Waals surface area contributed by atoms with Gasteiger partial charge in [0.15, 0.2) is 17.1 Å². The van der Waals surface area contributed by atoms with E-state index < -0.39 is 5.97 Å². The fourth-order valence-electron chi connectivity index (χ4n) is 3.60. The summed E-state index contributed by atoms with van der Waals surface area (Å²) < 4.78 is 8.32. The van der Waals surface area contributed by atoms with Crippen LogP contribution in [0, 0.1) is 13.8 Å². The quantitative estimate of drug-likeness (QED) is 0.359. The highest BCUT2D eigenvalue weighted by molar-refractivity contribution is 7.99. The molecule has 0 saturated carbocycles. The minimum Gasteiger partial charge on any atom is -0.465 e. The first-order valence-electron chi connectivity index (χ1n) is 11.0. The molecule has 0 bridgehead atoms. The fourth-order valence-corrected chi connectivity index (χ4v) is 4.74. The summed E-state index contributed by atoms with van der Waals surface area (Å²) in [5.74, 6) is 1.70. The summed E-state index contributed by atoms with van der Waals surface area (Å²) in [5, 5.41) is 22.8. The van der Waals surface area contributed by atoms with Crippen LogP contribution in [0.2, 0.25) is 0 Å². The number of carbonyl (C=O) groups is 1. The number of carbonyl (C=O) groups excluding carboxylic acids is 1. The second-order valence-electron chi connectivity index (χ2n) is 8.06. The second kappa shape index (κ2) is 9.72. The van der Waals surface area contributed by atoms with Crippen molar-refractivity contribution in [3.05, 3.63) is 58.9 Å². The van der Waals surface area contributed by atoms with Crippen LogP contribution in [0.5, 0.6) is 0 Å². The number of fused-ring (bicyclic) bond motifs is 2. The first-order chi connectivity index (χ1) is 16.3. The number of esters is 1. The van der Waals surface area contributed by atoms with Gasteiger partial charge >= 0.3 is 5.97 Å². The molecule has 0 atom stereocenters. The predicted octanol–water partition coefficient (Wildman–Crippen LogP) is 4.36. The summed E-state index contributed by atoms with van der Waals surface area (Å²) in [5.41, 5.74) is 3.82. The number of hydrogen-bond acceptors (Lipinski definition) is 7. The molecule has 4 aromatic heterocycles. The fraction of sp³-hybridized carbons (Fsp3) is 0.348. The molecule has 10 nitrogen and oxygen atoms in total. The van der Waals surface area contributed by atoms with Gasteiger partial charge in [0.1, 0.15) is 11.4 Å². The lowest BCUT2D eigenvalue weighted by Gasteiger charge is -2.05. The molecule has 5 rings (SSSR count). The van der Waals surface area contributed by atoms with E-state index in [0.29, 0.717) is 23.0 Å². The number of nitrogens with zero attached hydrogens (tertiary/aromatic N) is 6. The van der Waals surface area contributed by atoms with Crippen molar-refractivity contribution in [1.29, 1.82) is 0 Å². The van der Waals surface area contributed by atoms with Gasteiger partial charge in [-0.3, -0.25) is 10.2 Å². The lowest BCUT2D eigenvalue weighted by Crippen LogP contribution is -2.02. The molecule has 0 aliphatic rings. The van der Waals surface area contributed by atoms with Crippen LogP contribution in [0.4, 0.5) is 0 Å². The van der Waals surface area contributed by atoms with E-state index in [1.54, 1.807) is 30.1 Å². The smallest absolute Gasteiger partial charge is 0.343 e. The van der Waals surface area contributed by atoms with Crippen molar-refractivity contribution in [3.8, 4) is 0 Å². The molecule has 0 radical (unpaired) electrons. The number of aryl methyl sites for hydroxylation is 3. The van der Waals surface area contributed by atoms with Crippen LogP contribution >= 0.6 is 11.8 Å². The first-order valence-corrected chi connectivity index (χ1v) is 11.8. The highest BCUT2D eigenvalue weighted by atomic mass is 32.2. The third kappa shape index (κ3) is 4.30. The molecular formula is C23H28N8O2S. The third-order valence-corrected chi connectivity index (χ3v) is 6.47. The zero-order valence-corrected chi connectivity index (χ0v) is 20.9. The molecular weight excluding hydrogens is 452 g/mol. The molecule has 2 N–H and O–H groups in total. The van der Waals surface area contributed by atoms with Gasteiger partial charge in [0, 0.05) is 17.0 Å². The Morgan fingerprint density at radius 1 is 1.03 bits per heavy atom. The van der Waals surface area contributed by atoms with Gasteiger partial charge in [-0.2, -0.15) is 0 Å². The Balaban J connectivity index is 0.000000172. The molecule has 1 aromatic carbocycles. The summed E-state index contributed by atoms with van der Waals surface area (Å²) in [6, 6.07) is 10.4. The Morgan fingerprint density at radius 3 is 2.38 bits per heavy atom. The number of ether oxygens (including phenoxy) is 1. The largest absolute Gasteiger partial charge is 0.465 e. The molecule has 0 aliphatic heterocycles. The van der Waals surface area contributed by atoms with Crippen molar-refractivity contribution in [1.82, 2.24) is 39.6 Å². The third-order valence-electron chi connectivity index (χ3n) is 5.36. The number of aromatic amines is 2. The van der Waals surface area contributed by atoms with Crippen molar-refractivity contribution in [2.75, 3.05) is 7.11 Å². The van der Waals surface area contributed by atoms with Gasteiger partial charge in [0.25, 0.3) is 0 Å². The maximum absolute atomic E-state index is 11.4. The van der Waals surface area contributed by atoms with Crippen LogP contribution in [-0.4, -0.2) is 52.7 Å². The van der Waals surface area contributed by atoms with Crippen molar-refractivity contribution in [3.63, 3.8) is 0 Å². The van der Waals surface area contributed by atoms with E-state index in [4.69, 9.17) is 0 Å². The number of hydrogen-bond donors (Lipinski definition) is 2. The standard InChI is InChI=1S/C15H18N4S.C8H10N4O2/c1-4-12-16-17-15-14(13(10(2)3)18-19(12)15)20-11-8-6-5-7-9-11;1-4-6(8(13)14-3)7-10-9-5(2)12(7)11-4/h5-10,18H,4H2,1-3H3;11H,1-3H3. The number of aromatic nitrogens is 8. The van der Waals surface area contributed by atoms with Gasteiger partial charge < -0.3 is 4.74 Å². The maximum atomic E-state index is 11.4. The minimum absolute atomic E-state index is 0.402. The first kappa shape index (κ1) is 23.6. The van der Waals surface area contributed by atoms with E-state index in [-0.39, 0.29) is 0 Å². The molecule has 0 amide bonds. The number of benzene rings is 1. The highest BCUT2D eigenvalue weighted by Crippen LogP contribution is 2.36. The monoisotopic (exact) mass is 480 g/mol. The molecule has 5 aromatic rings. The van der Waals surface area contributed by atoms with Crippen molar-refractivity contribution < 1.29 is 9.53 Å². The van der Waals surface area contributed by atoms with Gasteiger partial charge in [-0.05, 0) is 31.9 Å². The SMILES string of the molecule is CCc1nnc2c(Sc3ccccc3)c(C(C)C)[nH]n12.COC(=O)c1c(C)[nH]n2c(C)nnc12. The lowest BCUT2D eigenvalue weighted by molar-refractivity contribution is 0.0602. The van der Waals surface area contributed by atoms with E-state index in [0.717, 1.165) is 23.6 Å². The van der Waals surface area contributed by atoms with E-state index >= 15 is 0 Å². The molecule has 0 fully saturated rings. The second-order valence-corrected chi connectivity index (χ2v) is 9.15. The molecule has 0 saturated heterocycles. The van der Waals surface area contributed by atoms with Crippen molar-refractivity contribution in [2.45, 2.75) is 56.7 Å². The molecule has 34 heavy (non-hydrogen) atoms. The Hall–Kier alpha value is -3.60. The van der Waals surface area contributed by atoms with E-state index in [9.17, 15) is 4.79 Å². The maximum Gasteiger partial charge on any atom is 0.343 e. The average molecular weight is 481 g/mol. The van der Waals surface area contributed by atoms with E-state index in [2.05, 4.69) is 80.4 Å². The highest BCUT2D eigenvalue weighted by Gasteiger charge is 2.20.